The van der Waals surface area contributed by atoms with Crippen LogP contribution in [0.2, 0.25) is 0 Å². The van der Waals surface area contributed by atoms with E-state index in [9.17, 15) is 0 Å². The molecule has 0 aromatic heterocycles. The highest BCUT2D eigenvalue weighted by Crippen LogP contribution is 2.43. The lowest BCUT2D eigenvalue weighted by Crippen LogP contribution is -1.98. The third-order valence-electron chi connectivity index (χ3n) is 2.71. The summed E-state index contributed by atoms with van der Waals surface area (Å²) in [6.45, 7) is 3.07. The summed E-state index contributed by atoms with van der Waals surface area (Å²) >= 11 is 0. The van der Waals surface area contributed by atoms with Crippen LogP contribution in [-0.2, 0) is 0 Å². The van der Waals surface area contributed by atoms with Crippen molar-refractivity contribution in [2.75, 3.05) is 6.54 Å². The van der Waals surface area contributed by atoms with Gasteiger partial charge in [-0.25, -0.2) is 0 Å². The molecule has 0 aliphatic heterocycles. The first-order valence-corrected chi connectivity index (χ1v) is 5.94. The first-order chi connectivity index (χ1) is 7.85. The van der Waals surface area contributed by atoms with Gasteiger partial charge in [-0.2, -0.15) is 0 Å². The highest BCUT2D eigenvalue weighted by Gasteiger charge is 2.39. The van der Waals surface area contributed by atoms with Crippen molar-refractivity contribution in [2.24, 2.45) is 10.4 Å². The summed E-state index contributed by atoms with van der Waals surface area (Å²) in [7, 11) is 0. The molecule has 1 nitrogen and oxygen atoms in total. The van der Waals surface area contributed by atoms with Crippen molar-refractivity contribution < 1.29 is 0 Å². The van der Waals surface area contributed by atoms with Gasteiger partial charge in [0.25, 0.3) is 0 Å². The molecule has 1 aliphatic carbocycles. The average molecular weight is 211 g/mol. The van der Waals surface area contributed by atoms with Crippen LogP contribution in [0.25, 0.3) is 0 Å². The first kappa shape index (κ1) is 11.0. The van der Waals surface area contributed by atoms with E-state index in [-0.39, 0.29) is 5.41 Å². The highest BCUT2D eigenvalue weighted by molar-refractivity contribution is 5.74. The zero-order chi connectivity index (χ0) is 11.3. The fourth-order valence-electron chi connectivity index (χ4n) is 1.51. The fourth-order valence-corrected chi connectivity index (χ4v) is 1.51. The summed E-state index contributed by atoms with van der Waals surface area (Å²) < 4.78 is 0. The third-order valence-corrected chi connectivity index (χ3v) is 2.71. The van der Waals surface area contributed by atoms with Crippen LogP contribution in [0, 0.1) is 17.3 Å². The van der Waals surface area contributed by atoms with Crippen molar-refractivity contribution in [3.63, 3.8) is 0 Å². The number of rotatable bonds is 3. The molecule has 0 spiro atoms. The van der Waals surface area contributed by atoms with Crippen molar-refractivity contribution in [1.29, 1.82) is 0 Å². The Bertz CT molecular complexity index is 416. The molecular formula is C15H17N. The minimum Gasteiger partial charge on any atom is -0.296 e. The molecule has 0 atom stereocenters. The molecule has 0 heterocycles. The van der Waals surface area contributed by atoms with Gasteiger partial charge in [0.1, 0.15) is 0 Å². The van der Waals surface area contributed by atoms with Gasteiger partial charge in [-0.1, -0.05) is 37.0 Å². The van der Waals surface area contributed by atoms with Crippen molar-refractivity contribution >= 4 is 6.21 Å². The summed E-state index contributed by atoms with van der Waals surface area (Å²) in [4.78, 5) is 4.41. The molecule has 1 heteroatoms. The predicted molar refractivity (Wildman–Crippen MR) is 68.6 cm³/mol. The maximum Gasteiger partial charge on any atom is 0.0666 e. The summed E-state index contributed by atoms with van der Waals surface area (Å²) in [6, 6.07) is 10.2. The number of aliphatic imine (C=N–C) groups is 1. The molecule has 1 aliphatic rings. The Morgan fingerprint density at radius 1 is 1.31 bits per heavy atom. The molecule has 0 saturated heterocycles. The van der Waals surface area contributed by atoms with Crippen LogP contribution in [-0.4, -0.2) is 12.8 Å². The molecule has 16 heavy (non-hydrogen) atoms. The third kappa shape index (κ3) is 2.97. The topological polar surface area (TPSA) is 12.4 Å². The van der Waals surface area contributed by atoms with E-state index in [1.165, 1.54) is 12.8 Å². The molecular weight excluding hydrogens is 194 g/mol. The van der Waals surface area contributed by atoms with Gasteiger partial charge in [-0.3, -0.25) is 4.99 Å². The summed E-state index contributed by atoms with van der Waals surface area (Å²) in [5.74, 6) is 6.58. The van der Waals surface area contributed by atoms with E-state index in [2.05, 4.69) is 30.0 Å². The van der Waals surface area contributed by atoms with E-state index in [0.717, 1.165) is 18.5 Å². The van der Waals surface area contributed by atoms with E-state index in [0.29, 0.717) is 0 Å². The van der Waals surface area contributed by atoms with Crippen molar-refractivity contribution in [1.82, 2.24) is 0 Å². The second-order valence-electron chi connectivity index (χ2n) is 4.31. The second-order valence-corrected chi connectivity index (χ2v) is 4.31. The van der Waals surface area contributed by atoms with E-state index in [1.54, 1.807) is 0 Å². The molecule has 0 unspecified atom stereocenters. The lowest BCUT2D eigenvalue weighted by Gasteiger charge is -1.97. The smallest absolute Gasteiger partial charge is 0.0666 e. The largest absolute Gasteiger partial charge is 0.296 e. The Kier molecular flexibility index (Phi) is 3.41. The van der Waals surface area contributed by atoms with E-state index in [1.807, 2.05) is 30.3 Å². The van der Waals surface area contributed by atoms with Gasteiger partial charge in [-0.15, -0.1) is 0 Å². The summed E-state index contributed by atoms with van der Waals surface area (Å²) in [5, 5.41) is 0. The maximum absolute atomic E-state index is 4.41. The van der Waals surface area contributed by atoms with Gasteiger partial charge in [0, 0.05) is 18.3 Å². The summed E-state index contributed by atoms with van der Waals surface area (Å²) in [5.41, 5.74) is 1.20. The number of benzene rings is 1. The highest BCUT2D eigenvalue weighted by atomic mass is 14.7. The van der Waals surface area contributed by atoms with Gasteiger partial charge in [-0.05, 0) is 31.4 Å². The lowest BCUT2D eigenvalue weighted by molar-refractivity contribution is 0.906. The van der Waals surface area contributed by atoms with Gasteiger partial charge in [0.15, 0.2) is 0 Å². The summed E-state index contributed by atoms with van der Waals surface area (Å²) in [6.07, 6.45) is 5.51. The Balaban J connectivity index is 2.02. The monoisotopic (exact) mass is 211 g/mol. The number of hydrogen-bond acceptors (Lipinski definition) is 1. The Labute approximate surface area is 97.6 Å². The Hall–Kier alpha value is -1.55. The SMILES string of the molecule is CCCN=CC1(C#Cc2ccccc2)CC1. The minimum atomic E-state index is 0.102. The van der Waals surface area contributed by atoms with Gasteiger partial charge >= 0.3 is 0 Å². The molecule has 1 fully saturated rings. The quantitative estimate of drug-likeness (QED) is 0.537. The molecule has 0 radical (unpaired) electrons. The van der Waals surface area contributed by atoms with Crippen molar-refractivity contribution in [3.05, 3.63) is 35.9 Å². The molecule has 0 N–H and O–H groups in total. The van der Waals surface area contributed by atoms with Crippen LogP contribution >= 0.6 is 0 Å². The van der Waals surface area contributed by atoms with Crippen LogP contribution in [0.5, 0.6) is 0 Å². The second kappa shape index (κ2) is 4.99. The number of nitrogens with zero attached hydrogens (tertiary/aromatic N) is 1. The van der Waals surface area contributed by atoms with Crippen molar-refractivity contribution in [2.45, 2.75) is 26.2 Å². The standard InChI is InChI=1S/C15H17N/c1-2-12-16-13-15(10-11-15)9-8-14-6-4-3-5-7-14/h3-7,13H,2,10-12H2,1H3. The Morgan fingerprint density at radius 2 is 2.06 bits per heavy atom. The average Bonchev–Trinajstić information content (AvgIpc) is 3.09. The zero-order valence-electron chi connectivity index (χ0n) is 9.74. The molecule has 2 rings (SSSR count). The maximum atomic E-state index is 4.41. The zero-order valence-corrected chi connectivity index (χ0v) is 9.74. The van der Waals surface area contributed by atoms with Crippen LogP contribution < -0.4 is 0 Å². The molecule has 0 amide bonds. The number of hydrogen-bond donors (Lipinski definition) is 0. The molecule has 0 bridgehead atoms. The first-order valence-electron chi connectivity index (χ1n) is 5.94. The normalized spacial score (nSPS) is 16.8. The molecule has 1 aromatic rings. The predicted octanol–water partition coefficient (Wildman–Crippen LogP) is 3.30. The van der Waals surface area contributed by atoms with E-state index >= 15 is 0 Å². The van der Waals surface area contributed by atoms with E-state index in [4.69, 9.17) is 0 Å². The van der Waals surface area contributed by atoms with Crippen LogP contribution in [0.4, 0.5) is 0 Å². The van der Waals surface area contributed by atoms with Gasteiger partial charge in [0.05, 0.1) is 5.41 Å². The van der Waals surface area contributed by atoms with E-state index < -0.39 is 0 Å². The Morgan fingerprint density at radius 3 is 2.69 bits per heavy atom. The van der Waals surface area contributed by atoms with Crippen LogP contribution in [0.3, 0.4) is 0 Å². The molecule has 1 aromatic carbocycles. The lowest BCUT2D eigenvalue weighted by atomic mass is 10.1. The van der Waals surface area contributed by atoms with Gasteiger partial charge in [0.2, 0.25) is 0 Å². The van der Waals surface area contributed by atoms with Crippen LogP contribution in [0.1, 0.15) is 31.7 Å². The fraction of sp³-hybridized carbons (Fsp3) is 0.400. The van der Waals surface area contributed by atoms with Gasteiger partial charge < -0.3 is 0 Å². The van der Waals surface area contributed by atoms with Crippen molar-refractivity contribution in [3.8, 4) is 11.8 Å². The molecule has 1 saturated carbocycles. The molecule has 82 valence electrons. The van der Waals surface area contributed by atoms with Crippen LogP contribution in [0.15, 0.2) is 35.3 Å². The minimum absolute atomic E-state index is 0.102.